The number of rotatable bonds is 1. The van der Waals surface area contributed by atoms with Crippen LogP contribution in [-0.2, 0) is 0 Å². The maximum Gasteiger partial charge on any atom is 0.342 e. The summed E-state index contributed by atoms with van der Waals surface area (Å²) < 4.78 is 0. The van der Waals surface area contributed by atoms with Gasteiger partial charge >= 0.3 is 5.97 Å². The van der Waals surface area contributed by atoms with Crippen LogP contribution < -0.4 is 0 Å². The van der Waals surface area contributed by atoms with E-state index in [0.29, 0.717) is 0 Å². The van der Waals surface area contributed by atoms with Crippen LogP contribution in [0.4, 0.5) is 0 Å². The SMILES string of the molecule is O=C(O)c1c(Cl)nnnc1Cl. The highest BCUT2D eigenvalue weighted by atomic mass is 35.5. The molecule has 0 unspecified atom stereocenters. The molecule has 1 N–H and O–H groups in total. The Bertz CT molecular complexity index is 283. The van der Waals surface area contributed by atoms with E-state index in [0.717, 1.165) is 0 Å². The zero-order valence-corrected chi connectivity index (χ0v) is 6.46. The van der Waals surface area contributed by atoms with Crippen LogP contribution in [0, 0.1) is 0 Å². The van der Waals surface area contributed by atoms with Crippen molar-refractivity contribution in [1.82, 2.24) is 15.4 Å². The molecular weight excluding hydrogens is 193 g/mol. The van der Waals surface area contributed by atoms with Gasteiger partial charge in [0.05, 0.1) is 0 Å². The Morgan fingerprint density at radius 1 is 1.27 bits per heavy atom. The van der Waals surface area contributed by atoms with E-state index < -0.39 is 5.97 Å². The van der Waals surface area contributed by atoms with Gasteiger partial charge in [-0.3, -0.25) is 0 Å². The average Bonchev–Trinajstić information content (AvgIpc) is 1.85. The average molecular weight is 194 g/mol. The van der Waals surface area contributed by atoms with Crippen molar-refractivity contribution in [1.29, 1.82) is 0 Å². The number of nitrogens with zero attached hydrogens (tertiary/aromatic N) is 3. The topological polar surface area (TPSA) is 76.0 Å². The largest absolute Gasteiger partial charge is 0.477 e. The molecule has 0 fully saturated rings. The van der Waals surface area contributed by atoms with Crippen molar-refractivity contribution in [3.8, 4) is 0 Å². The first-order chi connectivity index (χ1) is 5.13. The van der Waals surface area contributed by atoms with Gasteiger partial charge < -0.3 is 5.11 Å². The van der Waals surface area contributed by atoms with Gasteiger partial charge in [0.1, 0.15) is 5.56 Å². The van der Waals surface area contributed by atoms with E-state index in [1.807, 2.05) is 0 Å². The summed E-state index contributed by atoms with van der Waals surface area (Å²) in [7, 11) is 0. The zero-order valence-electron chi connectivity index (χ0n) is 4.95. The van der Waals surface area contributed by atoms with Crippen LogP contribution in [-0.4, -0.2) is 26.5 Å². The second kappa shape index (κ2) is 2.98. The third kappa shape index (κ3) is 1.55. The number of aromatic nitrogens is 3. The standard InChI is InChI=1S/C4HCl2N3O2/c5-2-1(4(10)11)3(6)8-9-7-2/h(H,10,11). The molecule has 58 valence electrons. The number of halogens is 2. The van der Waals surface area contributed by atoms with E-state index in [4.69, 9.17) is 28.3 Å². The minimum Gasteiger partial charge on any atom is -0.477 e. The van der Waals surface area contributed by atoms with Crippen molar-refractivity contribution in [3.63, 3.8) is 0 Å². The molecule has 7 heteroatoms. The van der Waals surface area contributed by atoms with E-state index >= 15 is 0 Å². The van der Waals surface area contributed by atoms with Crippen LogP contribution in [0.1, 0.15) is 10.4 Å². The summed E-state index contributed by atoms with van der Waals surface area (Å²) in [4.78, 5) is 10.4. The number of carboxylic acid groups (broad SMARTS) is 1. The van der Waals surface area contributed by atoms with Crippen LogP contribution in [0.3, 0.4) is 0 Å². The summed E-state index contributed by atoms with van der Waals surface area (Å²) in [6.45, 7) is 0. The summed E-state index contributed by atoms with van der Waals surface area (Å²) in [5.74, 6) is -1.28. The molecule has 0 aliphatic heterocycles. The summed E-state index contributed by atoms with van der Waals surface area (Å²) in [5, 5.41) is 17.4. The van der Waals surface area contributed by atoms with Gasteiger partial charge in [-0.1, -0.05) is 23.2 Å². The molecule has 0 radical (unpaired) electrons. The van der Waals surface area contributed by atoms with Crippen molar-refractivity contribution in [2.75, 3.05) is 0 Å². The van der Waals surface area contributed by atoms with E-state index in [1.165, 1.54) is 0 Å². The number of carboxylic acids is 1. The monoisotopic (exact) mass is 193 g/mol. The highest BCUT2D eigenvalue weighted by molar-refractivity contribution is 6.37. The molecule has 11 heavy (non-hydrogen) atoms. The van der Waals surface area contributed by atoms with Crippen molar-refractivity contribution < 1.29 is 9.90 Å². The molecule has 0 saturated heterocycles. The van der Waals surface area contributed by atoms with Crippen LogP contribution in [0.2, 0.25) is 10.3 Å². The Kier molecular flexibility index (Phi) is 2.21. The Morgan fingerprint density at radius 2 is 1.73 bits per heavy atom. The number of hydrogen-bond acceptors (Lipinski definition) is 4. The van der Waals surface area contributed by atoms with Crippen LogP contribution in [0.25, 0.3) is 0 Å². The van der Waals surface area contributed by atoms with Gasteiger partial charge in [-0.2, -0.15) is 0 Å². The molecule has 1 heterocycles. The number of carbonyl (C=O) groups is 1. The molecule has 5 nitrogen and oxygen atoms in total. The molecule has 0 amide bonds. The molecule has 0 spiro atoms. The lowest BCUT2D eigenvalue weighted by atomic mass is 10.4. The summed E-state index contributed by atoms with van der Waals surface area (Å²) >= 11 is 10.7. The highest BCUT2D eigenvalue weighted by Gasteiger charge is 2.15. The van der Waals surface area contributed by atoms with E-state index in [-0.39, 0.29) is 15.9 Å². The summed E-state index contributed by atoms with van der Waals surface area (Å²) in [5.41, 5.74) is -0.330. The first kappa shape index (κ1) is 8.16. The van der Waals surface area contributed by atoms with Gasteiger partial charge in [0.25, 0.3) is 0 Å². The molecule has 0 aromatic carbocycles. The quantitative estimate of drug-likeness (QED) is 0.717. The Balaban J connectivity index is 3.32. The predicted octanol–water partition coefficient (Wildman–Crippen LogP) is 0.877. The Labute approximate surface area is 71.0 Å². The fraction of sp³-hybridized carbons (Fsp3) is 0. The van der Waals surface area contributed by atoms with Crippen LogP contribution in [0.5, 0.6) is 0 Å². The lowest BCUT2D eigenvalue weighted by molar-refractivity contribution is 0.0696. The van der Waals surface area contributed by atoms with Gasteiger partial charge in [-0.25, -0.2) is 4.79 Å². The number of aromatic carboxylic acids is 1. The second-order valence-corrected chi connectivity index (χ2v) is 2.27. The molecule has 0 aliphatic rings. The van der Waals surface area contributed by atoms with Gasteiger partial charge in [-0.15, -0.1) is 10.2 Å². The van der Waals surface area contributed by atoms with Gasteiger partial charge in [-0.05, 0) is 5.21 Å². The normalized spacial score (nSPS) is 9.64. The van der Waals surface area contributed by atoms with Crippen LogP contribution >= 0.6 is 23.2 Å². The minimum absolute atomic E-state index is 0.266. The first-order valence-corrected chi connectivity index (χ1v) is 3.16. The van der Waals surface area contributed by atoms with Gasteiger partial charge in [0, 0.05) is 0 Å². The molecule has 1 aromatic rings. The number of hydrogen-bond donors (Lipinski definition) is 1. The summed E-state index contributed by atoms with van der Waals surface area (Å²) in [6, 6.07) is 0. The van der Waals surface area contributed by atoms with E-state index in [2.05, 4.69) is 15.4 Å². The van der Waals surface area contributed by atoms with Gasteiger partial charge in [0.2, 0.25) is 0 Å². The van der Waals surface area contributed by atoms with Crippen molar-refractivity contribution in [2.45, 2.75) is 0 Å². The smallest absolute Gasteiger partial charge is 0.342 e. The van der Waals surface area contributed by atoms with E-state index in [1.54, 1.807) is 0 Å². The lowest BCUT2D eigenvalue weighted by Gasteiger charge is -1.95. The fourth-order valence-electron chi connectivity index (χ4n) is 0.462. The van der Waals surface area contributed by atoms with Crippen molar-refractivity contribution in [2.24, 2.45) is 0 Å². The third-order valence-corrected chi connectivity index (χ3v) is 1.42. The van der Waals surface area contributed by atoms with Crippen molar-refractivity contribution in [3.05, 3.63) is 15.9 Å². The fourth-order valence-corrected chi connectivity index (χ4v) is 0.919. The Morgan fingerprint density at radius 3 is 2.00 bits per heavy atom. The zero-order chi connectivity index (χ0) is 8.43. The molecule has 0 saturated carbocycles. The van der Waals surface area contributed by atoms with E-state index in [9.17, 15) is 4.79 Å². The summed E-state index contributed by atoms with van der Waals surface area (Å²) in [6.07, 6.45) is 0. The van der Waals surface area contributed by atoms with Crippen LogP contribution in [0.15, 0.2) is 0 Å². The molecule has 0 bridgehead atoms. The maximum atomic E-state index is 10.4. The second-order valence-electron chi connectivity index (χ2n) is 1.55. The lowest BCUT2D eigenvalue weighted by Crippen LogP contribution is -2.03. The molecule has 1 aromatic heterocycles. The molecule has 0 atom stereocenters. The Hall–Kier alpha value is -0.940. The first-order valence-electron chi connectivity index (χ1n) is 2.40. The highest BCUT2D eigenvalue weighted by Crippen LogP contribution is 2.17. The maximum absolute atomic E-state index is 10.4. The minimum atomic E-state index is -1.28. The predicted molar refractivity (Wildman–Crippen MR) is 36.8 cm³/mol. The van der Waals surface area contributed by atoms with Gasteiger partial charge in [0.15, 0.2) is 10.3 Å². The molecule has 0 aliphatic carbocycles. The third-order valence-electron chi connectivity index (χ3n) is 0.891. The van der Waals surface area contributed by atoms with Crippen molar-refractivity contribution >= 4 is 29.2 Å². The molecule has 1 rings (SSSR count). The molecular formula is C4HCl2N3O2.